The van der Waals surface area contributed by atoms with Crippen LogP contribution in [0.4, 0.5) is 0 Å². The van der Waals surface area contributed by atoms with E-state index in [9.17, 15) is 19.8 Å². The van der Waals surface area contributed by atoms with Gasteiger partial charge in [0.2, 0.25) is 0 Å². The van der Waals surface area contributed by atoms with Gasteiger partial charge in [-0.05, 0) is 43.7 Å². The van der Waals surface area contributed by atoms with Crippen LogP contribution in [0.2, 0.25) is 0 Å². The molecule has 1 aromatic heterocycles. The first-order valence-electron chi connectivity index (χ1n) is 10.2. The molecule has 0 unspecified atom stereocenters. The molecule has 0 spiro atoms. The topological polar surface area (TPSA) is 107 Å². The van der Waals surface area contributed by atoms with Crippen LogP contribution in [0.3, 0.4) is 0 Å². The molecule has 1 amide bonds. The lowest BCUT2D eigenvalue weighted by Gasteiger charge is -2.43. The van der Waals surface area contributed by atoms with Crippen molar-refractivity contribution in [3.8, 4) is 0 Å². The smallest absolute Gasteiger partial charge is 0.314 e. The van der Waals surface area contributed by atoms with E-state index in [-0.39, 0.29) is 18.9 Å². The number of amides is 1. The third kappa shape index (κ3) is 4.67. The summed E-state index contributed by atoms with van der Waals surface area (Å²) in [6.07, 6.45) is 2.68. The zero-order valence-corrected chi connectivity index (χ0v) is 16.8. The summed E-state index contributed by atoms with van der Waals surface area (Å²) in [6, 6.07) is 11.6. The standard InChI is InChI=1S/C22H29N3O4/c1-2-7-17-14-18(24-23-17)20(27)25-13-11-19(26)22(15-25,21(28)29)12-6-10-16-8-4-3-5-9-16/h3-5,8-9,14,19,26H,2,6-7,10-13,15H2,1H3,(H,23,24)(H,28,29)/t19-,22-/m1/s1. The van der Waals surface area contributed by atoms with Gasteiger partial charge in [-0.3, -0.25) is 14.7 Å². The van der Waals surface area contributed by atoms with E-state index in [1.54, 1.807) is 6.07 Å². The second kappa shape index (κ2) is 9.22. The summed E-state index contributed by atoms with van der Waals surface area (Å²) >= 11 is 0. The van der Waals surface area contributed by atoms with E-state index >= 15 is 0 Å². The summed E-state index contributed by atoms with van der Waals surface area (Å²) in [7, 11) is 0. The van der Waals surface area contributed by atoms with E-state index in [1.807, 2.05) is 37.3 Å². The second-order valence-corrected chi connectivity index (χ2v) is 7.86. The molecule has 2 heterocycles. The third-order valence-corrected chi connectivity index (χ3v) is 5.80. The zero-order chi connectivity index (χ0) is 20.9. The number of benzene rings is 1. The van der Waals surface area contributed by atoms with Crippen LogP contribution < -0.4 is 0 Å². The molecular weight excluding hydrogens is 370 g/mol. The minimum Gasteiger partial charge on any atom is -0.481 e. The molecule has 7 heteroatoms. The van der Waals surface area contributed by atoms with Crippen molar-refractivity contribution < 1.29 is 19.8 Å². The van der Waals surface area contributed by atoms with Crippen LogP contribution in [0.15, 0.2) is 36.4 Å². The predicted octanol–water partition coefficient (Wildman–Crippen LogP) is 2.66. The van der Waals surface area contributed by atoms with Crippen molar-refractivity contribution in [2.75, 3.05) is 13.1 Å². The van der Waals surface area contributed by atoms with Gasteiger partial charge in [0.15, 0.2) is 0 Å². The van der Waals surface area contributed by atoms with Gasteiger partial charge >= 0.3 is 5.97 Å². The van der Waals surface area contributed by atoms with Crippen LogP contribution in [0.1, 0.15) is 54.4 Å². The molecule has 0 aliphatic carbocycles. The number of nitrogens with one attached hydrogen (secondary N) is 1. The van der Waals surface area contributed by atoms with Gasteiger partial charge in [-0.2, -0.15) is 5.10 Å². The first-order valence-corrected chi connectivity index (χ1v) is 10.2. The summed E-state index contributed by atoms with van der Waals surface area (Å²) in [5.41, 5.74) is 0.963. The Morgan fingerprint density at radius 2 is 2.03 bits per heavy atom. The minimum atomic E-state index is -1.36. The van der Waals surface area contributed by atoms with Crippen LogP contribution >= 0.6 is 0 Å². The fourth-order valence-electron chi connectivity index (χ4n) is 4.10. The predicted molar refractivity (Wildman–Crippen MR) is 109 cm³/mol. The Bertz CT molecular complexity index is 836. The third-order valence-electron chi connectivity index (χ3n) is 5.80. The number of aliphatic carboxylic acids is 1. The molecule has 1 saturated heterocycles. The number of H-pyrrole nitrogens is 1. The van der Waals surface area contributed by atoms with Crippen molar-refractivity contribution in [1.82, 2.24) is 15.1 Å². The lowest BCUT2D eigenvalue weighted by Crippen LogP contribution is -2.57. The first kappa shape index (κ1) is 21.0. The molecule has 1 aliphatic heterocycles. The van der Waals surface area contributed by atoms with Crippen molar-refractivity contribution in [2.45, 2.75) is 51.6 Å². The number of aliphatic hydroxyl groups excluding tert-OH is 1. The number of aryl methyl sites for hydroxylation is 2. The number of aliphatic hydroxyl groups is 1. The minimum absolute atomic E-state index is 0.00685. The van der Waals surface area contributed by atoms with Crippen LogP contribution in [-0.2, 0) is 17.6 Å². The van der Waals surface area contributed by atoms with Gasteiger partial charge in [0.25, 0.3) is 5.91 Å². The van der Waals surface area contributed by atoms with Crippen LogP contribution in [0.25, 0.3) is 0 Å². The first-order chi connectivity index (χ1) is 14.0. The summed E-state index contributed by atoms with van der Waals surface area (Å²) in [6.45, 7) is 2.36. The Kier molecular flexibility index (Phi) is 6.69. The highest BCUT2D eigenvalue weighted by Gasteiger charge is 2.49. The molecule has 1 aliphatic rings. The number of hydrogen-bond donors (Lipinski definition) is 3. The molecule has 3 N–H and O–H groups in total. The number of rotatable bonds is 8. The molecule has 2 atom stereocenters. The van der Waals surface area contributed by atoms with Crippen LogP contribution in [-0.4, -0.2) is 56.4 Å². The van der Waals surface area contributed by atoms with E-state index in [4.69, 9.17) is 0 Å². The molecule has 29 heavy (non-hydrogen) atoms. The fourth-order valence-corrected chi connectivity index (χ4v) is 4.10. The van der Waals surface area contributed by atoms with Gasteiger partial charge in [-0.25, -0.2) is 0 Å². The molecule has 156 valence electrons. The van der Waals surface area contributed by atoms with E-state index in [0.717, 1.165) is 30.5 Å². The van der Waals surface area contributed by atoms with Gasteiger partial charge in [0, 0.05) is 18.8 Å². The molecule has 7 nitrogen and oxygen atoms in total. The highest BCUT2D eigenvalue weighted by Crippen LogP contribution is 2.36. The molecule has 1 aromatic carbocycles. The monoisotopic (exact) mass is 399 g/mol. The molecular formula is C22H29N3O4. The number of carboxylic acids is 1. The largest absolute Gasteiger partial charge is 0.481 e. The van der Waals surface area contributed by atoms with E-state index in [0.29, 0.717) is 25.1 Å². The molecule has 0 bridgehead atoms. The van der Waals surface area contributed by atoms with Gasteiger partial charge in [0.05, 0.1) is 6.10 Å². The highest BCUT2D eigenvalue weighted by atomic mass is 16.4. The maximum atomic E-state index is 12.9. The van der Waals surface area contributed by atoms with Crippen molar-refractivity contribution in [3.05, 3.63) is 53.3 Å². The number of aromatic amines is 1. The lowest BCUT2D eigenvalue weighted by atomic mass is 9.73. The maximum absolute atomic E-state index is 12.9. The number of nitrogens with zero attached hydrogens (tertiary/aromatic N) is 2. The zero-order valence-electron chi connectivity index (χ0n) is 16.8. The van der Waals surface area contributed by atoms with Crippen molar-refractivity contribution in [1.29, 1.82) is 0 Å². The summed E-state index contributed by atoms with van der Waals surface area (Å²) < 4.78 is 0. The Morgan fingerprint density at radius 1 is 1.28 bits per heavy atom. The fraction of sp³-hybridized carbons (Fsp3) is 0.500. The quantitative estimate of drug-likeness (QED) is 0.633. The Labute approximate surface area is 170 Å². The van der Waals surface area contributed by atoms with Crippen molar-refractivity contribution >= 4 is 11.9 Å². The van der Waals surface area contributed by atoms with E-state index in [1.165, 1.54) is 4.90 Å². The molecule has 1 fully saturated rings. The normalized spacial score (nSPS) is 21.9. The summed E-state index contributed by atoms with van der Waals surface area (Å²) in [5.74, 6) is -1.34. The summed E-state index contributed by atoms with van der Waals surface area (Å²) in [4.78, 5) is 26.6. The van der Waals surface area contributed by atoms with Crippen molar-refractivity contribution in [2.24, 2.45) is 5.41 Å². The van der Waals surface area contributed by atoms with Gasteiger partial charge in [0.1, 0.15) is 11.1 Å². The molecule has 2 aromatic rings. The van der Waals surface area contributed by atoms with Gasteiger partial charge < -0.3 is 15.1 Å². The summed E-state index contributed by atoms with van der Waals surface area (Å²) in [5, 5.41) is 27.5. The Morgan fingerprint density at radius 3 is 2.72 bits per heavy atom. The van der Waals surface area contributed by atoms with E-state index < -0.39 is 17.5 Å². The van der Waals surface area contributed by atoms with E-state index in [2.05, 4.69) is 10.2 Å². The van der Waals surface area contributed by atoms with Crippen LogP contribution in [0, 0.1) is 5.41 Å². The maximum Gasteiger partial charge on any atom is 0.314 e. The molecule has 0 radical (unpaired) electrons. The Balaban J connectivity index is 1.71. The second-order valence-electron chi connectivity index (χ2n) is 7.86. The van der Waals surface area contributed by atoms with Gasteiger partial charge in [-0.1, -0.05) is 43.7 Å². The number of carbonyl (C=O) groups excluding carboxylic acids is 1. The average Bonchev–Trinajstić information content (AvgIpc) is 3.18. The Hall–Kier alpha value is -2.67. The molecule has 0 saturated carbocycles. The number of hydrogen-bond acceptors (Lipinski definition) is 4. The highest BCUT2D eigenvalue weighted by molar-refractivity contribution is 5.93. The SMILES string of the molecule is CCCc1cc(C(=O)N2CC[C@@H](O)[C@](CCCc3ccccc3)(C(=O)O)C2)n[nH]1. The average molecular weight is 399 g/mol. The number of carboxylic acid groups (broad SMARTS) is 1. The molecule has 3 rings (SSSR count). The van der Waals surface area contributed by atoms with Crippen molar-refractivity contribution in [3.63, 3.8) is 0 Å². The van der Waals surface area contributed by atoms with Gasteiger partial charge in [-0.15, -0.1) is 0 Å². The number of likely N-dealkylation sites (tertiary alicyclic amines) is 1. The number of aromatic nitrogens is 2. The van der Waals surface area contributed by atoms with Crippen LogP contribution in [0.5, 0.6) is 0 Å². The number of piperidine rings is 1. The number of carbonyl (C=O) groups is 2. The lowest BCUT2D eigenvalue weighted by molar-refractivity contribution is -0.162.